The van der Waals surface area contributed by atoms with Crippen LogP contribution in [0.5, 0.6) is 0 Å². The summed E-state index contributed by atoms with van der Waals surface area (Å²) in [6.07, 6.45) is 0. The van der Waals surface area contributed by atoms with Gasteiger partial charge in [0.05, 0.1) is 17.0 Å². The molecule has 0 bridgehead atoms. The van der Waals surface area contributed by atoms with Gasteiger partial charge >= 0.3 is 0 Å². The summed E-state index contributed by atoms with van der Waals surface area (Å²) in [5, 5.41) is 8.60. The molecule has 0 fully saturated rings. The summed E-state index contributed by atoms with van der Waals surface area (Å²) < 4.78 is 38.6. The molecule has 0 spiro atoms. The van der Waals surface area contributed by atoms with Gasteiger partial charge in [-0.15, -0.1) is 5.92 Å². The van der Waals surface area contributed by atoms with Gasteiger partial charge in [-0.3, -0.25) is 0 Å². The van der Waals surface area contributed by atoms with Crippen molar-refractivity contribution in [1.82, 2.24) is 4.72 Å². The van der Waals surface area contributed by atoms with Crippen molar-refractivity contribution >= 4 is 10.0 Å². The van der Waals surface area contributed by atoms with Crippen LogP contribution in [0.1, 0.15) is 12.5 Å². The zero-order valence-corrected chi connectivity index (χ0v) is 9.81. The van der Waals surface area contributed by atoms with Crippen LogP contribution in [-0.4, -0.2) is 15.0 Å². The van der Waals surface area contributed by atoms with Crippen LogP contribution < -0.4 is 4.72 Å². The highest BCUT2D eigenvalue weighted by Crippen LogP contribution is 2.13. The number of nitrogens with one attached hydrogen (secondary N) is 1. The van der Waals surface area contributed by atoms with Gasteiger partial charge in [0.2, 0.25) is 10.0 Å². The number of nitrogens with zero attached hydrogens (tertiary/aromatic N) is 1. The van der Waals surface area contributed by atoms with Crippen molar-refractivity contribution in [3.63, 3.8) is 0 Å². The molecule has 0 amide bonds. The normalized spacial score (nSPS) is 10.2. The Labute approximate surface area is 99.1 Å². The smallest absolute Gasteiger partial charge is 0.207 e. The molecule has 0 saturated heterocycles. The number of halogens is 1. The first kappa shape index (κ1) is 13.2. The van der Waals surface area contributed by atoms with Gasteiger partial charge in [0.1, 0.15) is 11.9 Å². The lowest BCUT2D eigenvalue weighted by Gasteiger charge is -2.04. The van der Waals surface area contributed by atoms with Crippen LogP contribution in [0.25, 0.3) is 0 Å². The molecule has 0 unspecified atom stereocenters. The zero-order chi connectivity index (χ0) is 12.9. The van der Waals surface area contributed by atoms with Crippen LogP contribution in [-0.2, 0) is 10.0 Å². The van der Waals surface area contributed by atoms with Crippen molar-refractivity contribution in [3.8, 4) is 17.9 Å². The van der Waals surface area contributed by atoms with Gasteiger partial charge in [-0.25, -0.2) is 12.8 Å². The van der Waals surface area contributed by atoms with Crippen LogP contribution in [0.15, 0.2) is 23.1 Å². The fraction of sp³-hybridized carbons (Fsp3) is 0.182. The third-order valence-electron chi connectivity index (χ3n) is 1.90. The Hall–Kier alpha value is -1.89. The SMILES string of the molecule is CC#CCNS(=O)(=O)c1ccc(F)c(C#N)c1. The fourth-order valence-corrected chi connectivity index (χ4v) is 2.01. The van der Waals surface area contributed by atoms with Crippen LogP contribution >= 0.6 is 0 Å². The van der Waals surface area contributed by atoms with E-state index in [2.05, 4.69) is 16.6 Å². The van der Waals surface area contributed by atoms with Gasteiger partial charge in [0, 0.05) is 0 Å². The number of rotatable bonds is 3. The Bertz CT molecular complexity index is 621. The Morgan fingerprint density at radius 2 is 2.18 bits per heavy atom. The number of nitriles is 1. The van der Waals surface area contributed by atoms with Crippen molar-refractivity contribution in [3.05, 3.63) is 29.6 Å². The van der Waals surface area contributed by atoms with E-state index < -0.39 is 15.8 Å². The highest BCUT2D eigenvalue weighted by atomic mass is 32.2. The third kappa shape index (κ3) is 3.28. The lowest BCUT2D eigenvalue weighted by Crippen LogP contribution is -2.24. The molecular formula is C11H9FN2O2S. The average molecular weight is 252 g/mol. The van der Waals surface area contributed by atoms with Crippen LogP contribution in [0.4, 0.5) is 4.39 Å². The molecule has 1 rings (SSSR count). The fourth-order valence-electron chi connectivity index (χ4n) is 1.06. The molecule has 88 valence electrons. The van der Waals surface area contributed by atoms with Gasteiger partial charge in [-0.1, -0.05) is 5.92 Å². The Balaban J connectivity index is 3.07. The quantitative estimate of drug-likeness (QED) is 0.816. The minimum Gasteiger partial charge on any atom is -0.207 e. The summed E-state index contributed by atoms with van der Waals surface area (Å²) in [5.41, 5.74) is -0.311. The second-order valence-corrected chi connectivity index (χ2v) is 4.77. The topological polar surface area (TPSA) is 70.0 Å². The molecule has 0 aromatic heterocycles. The van der Waals surface area contributed by atoms with E-state index in [0.29, 0.717) is 0 Å². The molecule has 0 aliphatic carbocycles. The Morgan fingerprint density at radius 3 is 2.76 bits per heavy atom. The van der Waals surface area contributed by atoms with Crippen LogP contribution in [0.2, 0.25) is 0 Å². The standard InChI is InChI=1S/C11H9FN2O2S/c1-2-3-6-14-17(15,16)10-4-5-11(12)9(7-10)8-13/h4-5,7,14H,6H2,1H3. The minimum atomic E-state index is -3.75. The van der Waals surface area contributed by atoms with E-state index in [4.69, 9.17) is 5.26 Å². The highest BCUT2D eigenvalue weighted by Gasteiger charge is 2.15. The molecule has 0 aliphatic heterocycles. The second-order valence-electron chi connectivity index (χ2n) is 3.00. The lowest BCUT2D eigenvalue weighted by molar-refractivity contribution is 0.585. The van der Waals surface area contributed by atoms with Crippen LogP contribution in [0.3, 0.4) is 0 Å². The maximum atomic E-state index is 13.0. The maximum absolute atomic E-state index is 13.0. The van der Waals surface area contributed by atoms with Gasteiger partial charge in [0.25, 0.3) is 0 Å². The molecule has 4 nitrogen and oxygen atoms in total. The zero-order valence-electron chi connectivity index (χ0n) is 8.99. The molecule has 0 radical (unpaired) electrons. The van der Waals surface area contributed by atoms with E-state index in [1.54, 1.807) is 13.0 Å². The van der Waals surface area contributed by atoms with Crippen molar-refractivity contribution in [2.24, 2.45) is 0 Å². The van der Waals surface area contributed by atoms with E-state index in [9.17, 15) is 12.8 Å². The van der Waals surface area contributed by atoms with Crippen molar-refractivity contribution < 1.29 is 12.8 Å². The molecule has 1 aromatic rings. The molecule has 0 atom stereocenters. The largest absolute Gasteiger partial charge is 0.241 e. The van der Waals surface area contributed by atoms with Crippen molar-refractivity contribution in [2.45, 2.75) is 11.8 Å². The van der Waals surface area contributed by atoms with Gasteiger partial charge in [-0.2, -0.15) is 9.98 Å². The van der Waals surface area contributed by atoms with E-state index in [0.717, 1.165) is 18.2 Å². The summed E-state index contributed by atoms with van der Waals surface area (Å²) in [6, 6.07) is 4.60. The summed E-state index contributed by atoms with van der Waals surface area (Å²) in [7, 11) is -3.75. The average Bonchev–Trinajstić information content (AvgIpc) is 2.29. The summed E-state index contributed by atoms with van der Waals surface area (Å²) in [5.74, 6) is 4.32. The number of benzene rings is 1. The monoisotopic (exact) mass is 252 g/mol. The molecule has 17 heavy (non-hydrogen) atoms. The van der Waals surface area contributed by atoms with Crippen molar-refractivity contribution in [2.75, 3.05) is 6.54 Å². The summed E-state index contributed by atoms with van der Waals surface area (Å²) in [4.78, 5) is -0.159. The van der Waals surface area contributed by atoms with Gasteiger partial charge in [0.15, 0.2) is 0 Å². The predicted molar refractivity (Wildman–Crippen MR) is 59.8 cm³/mol. The van der Waals surface area contributed by atoms with E-state index in [1.807, 2.05) is 0 Å². The molecule has 1 aromatic carbocycles. The van der Waals surface area contributed by atoms with Crippen LogP contribution in [0, 0.1) is 29.0 Å². The second kappa shape index (κ2) is 5.44. The maximum Gasteiger partial charge on any atom is 0.241 e. The van der Waals surface area contributed by atoms with E-state index >= 15 is 0 Å². The molecule has 0 heterocycles. The molecule has 0 saturated carbocycles. The highest BCUT2D eigenvalue weighted by molar-refractivity contribution is 7.89. The Morgan fingerprint density at radius 1 is 1.47 bits per heavy atom. The minimum absolute atomic E-state index is 0.0297. The number of sulfonamides is 1. The first-order valence-corrected chi connectivity index (χ1v) is 6.08. The van der Waals surface area contributed by atoms with Gasteiger partial charge in [-0.05, 0) is 25.1 Å². The summed E-state index contributed by atoms with van der Waals surface area (Å²) in [6.45, 7) is 1.55. The molecule has 6 heteroatoms. The molecule has 0 aliphatic rings. The van der Waals surface area contributed by atoms with Crippen molar-refractivity contribution in [1.29, 1.82) is 5.26 Å². The van der Waals surface area contributed by atoms with Gasteiger partial charge < -0.3 is 0 Å². The number of hydrogen-bond acceptors (Lipinski definition) is 3. The Kier molecular flexibility index (Phi) is 4.22. The third-order valence-corrected chi connectivity index (χ3v) is 3.29. The van der Waals surface area contributed by atoms with E-state index in [1.165, 1.54) is 0 Å². The van der Waals surface area contributed by atoms with E-state index in [-0.39, 0.29) is 17.0 Å². The first-order chi connectivity index (χ1) is 8.01. The molecular weight excluding hydrogens is 243 g/mol. The summed E-state index contributed by atoms with van der Waals surface area (Å²) >= 11 is 0. The predicted octanol–water partition coefficient (Wildman–Crippen LogP) is 0.999. The first-order valence-electron chi connectivity index (χ1n) is 4.60. The lowest BCUT2D eigenvalue weighted by atomic mass is 10.2. The molecule has 1 N–H and O–H groups in total. The number of hydrogen-bond donors (Lipinski definition) is 1.